The van der Waals surface area contributed by atoms with Crippen molar-refractivity contribution in [2.45, 2.75) is 82.2 Å². The van der Waals surface area contributed by atoms with Crippen LogP contribution in [0.4, 0.5) is 0 Å². The maximum atomic E-state index is 5.63. The third kappa shape index (κ3) is 6.69. The van der Waals surface area contributed by atoms with E-state index in [0.29, 0.717) is 5.54 Å². The van der Waals surface area contributed by atoms with Crippen LogP contribution in [0.2, 0.25) is 0 Å². The molecule has 0 aromatic carbocycles. The average Bonchev–Trinajstić information content (AvgIpc) is 2.77. The first kappa shape index (κ1) is 26.1. The molecule has 2 saturated heterocycles. The Labute approximate surface area is 202 Å². The van der Waals surface area contributed by atoms with Crippen LogP contribution in [0.25, 0.3) is 0 Å². The zero-order chi connectivity index (χ0) is 20.6. The molecule has 0 atom stereocenters. The first-order valence-corrected chi connectivity index (χ1v) is 12.1. The lowest BCUT2D eigenvalue weighted by Gasteiger charge is -2.47. The summed E-state index contributed by atoms with van der Waals surface area (Å²) in [6, 6.07) is 0. The molecule has 7 heteroatoms. The summed E-state index contributed by atoms with van der Waals surface area (Å²) >= 11 is 0. The number of hydrogen-bond acceptors (Lipinski definition) is 4. The minimum absolute atomic E-state index is 0. The molecule has 0 unspecified atom stereocenters. The van der Waals surface area contributed by atoms with E-state index in [2.05, 4.69) is 41.5 Å². The third-order valence-corrected chi connectivity index (χ3v) is 7.64. The number of ether oxygens (including phenoxy) is 1. The number of halogens is 1. The minimum Gasteiger partial charge on any atom is -0.381 e. The summed E-state index contributed by atoms with van der Waals surface area (Å²) in [5, 5.41) is 7.20. The van der Waals surface area contributed by atoms with Crippen LogP contribution in [0, 0.1) is 0 Å². The molecule has 2 heterocycles. The standard InChI is InChI=1S/C23H45N5O.HI/c1-4-24-21(25-19-22(27(2)3)13-17-29-18-14-22)26-20-23(11-7-5-8-12-23)28-15-9-6-10-16-28;/h4-20H2,1-3H3,(H2,24,25,26);1H. The van der Waals surface area contributed by atoms with Crippen LogP contribution >= 0.6 is 24.0 Å². The predicted molar refractivity (Wildman–Crippen MR) is 137 cm³/mol. The van der Waals surface area contributed by atoms with Crippen molar-refractivity contribution < 1.29 is 4.74 Å². The summed E-state index contributed by atoms with van der Waals surface area (Å²) in [7, 11) is 4.40. The number of nitrogens with zero attached hydrogens (tertiary/aromatic N) is 3. The zero-order valence-corrected chi connectivity index (χ0v) is 22.0. The van der Waals surface area contributed by atoms with E-state index in [4.69, 9.17) is 9.73 Å². The van der Waals surface area contributed by atoms with Crippen molar-refractivity contribution in [3.05, 3.63) is 0 Å². The van der Waals surface area contributed by atoms with Crippen molar-refractivity contribution >= 4 is 29.9 Å². The number of rotatable bonds is 7. The Hall–Kier alpha value is -0.120. The Morgan fingerprint density at radius 3 is 2.17 bits per heavy atom. The molecule has 3 fully saturated rings. The van der Waals surface area contributed by atoms with E-state index in [-0.39, 0.29) is 29.5 Å². The third-order valence-electron chi connectivity index (χ3n) is 7.64. The fraction of sp³-hybridized carbons (Fsp3) is 0.957. The maximum Gasteiger partial charge on any atom is 0.191 e. The van der Waals surface area contributed by atoms with Crippen molar-refractivity contribution in [1.82, 2.24) is 20.4 Å². The van der Waals surface area contributed by atoms with Gasteiger partial charge in [-0.1, -0.05) is 25.7 Å². The van der Waals surface area contributed by atoms with Gasteiger partial charge in [0.25, 0.3) is 0 Å². The molecule has 1 aliphatic carbocycles. The van der Waals surface area contributed by atoms with Crippen LogP contribution in [-0.2, 0) is 4.74 Å². The van der Waals surface area contributed by atoms with Crippen molar-refractivity contribution in [2.75, 3.05) is 60.0 Å². The lowest BCUT2D eigenvalue weighted by atomic mass is 9.79. The van der Waals surface area contributed by atoms with Gasteiger partial charge in [-0.25, -0.2) is 0 Å². The van der Waals surface area contributed by atoms with Gasteiger partial charge in [0.15, 0.2) is 5.96 Å². The lowest BCUT2D eigenvalue weighted by Crippen LogP contribution is -2.57. The van der Waals surface area contributed by atoms with Crippen LogP contribution in [-0.4, -0.2) is 86.9 Å². The minimum atomic E-state index is 0. The summed E-state index contributed by atoms with van der Waals surface area (Å²) in [6.07, 6.45) is 13.0. The van der Waals surface area contributed by atoms with Crippen LogP contribution < -0.4 is 10.6 Å². The van der Waals surface area contributed by atoms with Crippen LogP contribution in [0.15, 0.2) is 4.99 Å². The van der Waals surface area contributed by atoms with Crippen LogP contribution in [0.1, 0.15) is 71.1 Å². The van der Waals surface area contributed by atoms with Crippen LogP contribution in [0.3, 0.4) is 0 Å². The molecule has 176 valence electrons. The second-order valence-electron chi connectivity index (χ2n) is 9.61. The van der Waals surface area contributed by atoms with Gasteiger partial charge in [-0.15, -0.1) is 24.0 Å². The van der Waals surface area contributed by atoms with E-state index in [0.717, 1.165) is 51.6 Å². The van der Waals surface area contributed by atoms with Gasteiger partial charge in [0.05, 0.1) is 6.54 Å². The SMILES string of the molecule is CCNC(=NCC1(N2CCCCC2)CCCCC1)NCC1(N(C)C)CCOCC1.I. The fourth-order valence-electron chi connectivity index (χ4n) is 5.50. The van der Waals surface area contributed by atoms with Crippen molar-refractivity contribution in [2.24, 2.45) is 4.99 Å². The van der Waals surface area contributed by atoms with E-state index in [1.165, 1.54) is 64.5 Å². The zero-order valence-electron chi connectivity index (χ0n) is 19.7. The highest BCUT2D eigenvalue weighted by atomic mass is 127. The van der Waals surface area contributed by atoms with Gasteiger partial charge in [0, 0.05) is 37.4 Å². The molecule has 30 heavy (non-hydrogen) atoms. The van der Waals surface area contributed by atoms with Gasteiger partial charge in [-0.2, -0.15) is 0 Å². The number of guanidine groups is 1. The average molecular weight is 536 g/mol. The van der Waals surface area contributed by atoms with E-state index < -0.39 is 0 Å². The van der Waals surface area contributed by atoms with Gasteiger partial charge >= 0.3 is 0 Å². The molecule has 3 aliphatic rings. The number of nitrogens with one attached hydrogen (secondary N) is 2. The van der Waals surface area contributed by atoms with E-state index in [1.54, 1.807) is 0 Å². The summed E-state index contributed by atoms with van der Waals surface area (Å²) < 4.78 is 5.63. The Morgan fingerprint density at radius 1 is 0.933 bits per heavy atom. The quantitative estimate of drug-likeness (QED) is 0.297. The first-order chi connectivity index (χ1) is 14.1. The molecule has 0 amide bonds. The molecular formula is C23H46IN5O. The number of piperidine rings is 1. The van der Waals surface area contributed by atoms with Crippen molar-refractivity contribution in [3.8, 4) is 0 Å². The Balaban J connectivity index is 0.00000320. The molecule has 0 spiro atoms. The smallest absolute Gasteiger partial charge is 0.191 e. The topological polar surface area (TPSA) is 52.1 Å². The van der Waals surface area contributed by atoms with Gasteiger partial charge in [-0.05, 0) is 72.6 Å². The Bertz CT molecular complexity index is 510. The molecule has 6 nitrogen and oxygen atoms in total. The van der Waals surface area contributed by atoms with E-state index in [1.807, 2.05) is 0 Å². The normalized spacial score (nSPS) is 24.9. The van der Waals surface area contributed by atoms with Crippen molar-refractivity contribution in [3.63, 3.8) is 0 Å². The highest BCUT2D eigenvalue weighted by Crippen LogP contribution is 2.36. The summed E-state index contributed by atoms with van der Waals surface area (Å²) in [6.45, 7) is 9.16. The second kappa shape index (κ2) is 12.8. The first-order valence-electron chi connectivity index (χ1n) is 12.1. The van der Waals surface area contributed by atoms with Crippen LogP contribution in [0.5, 0.6) is 0 Å². The Morgan fingerprint density at radius 2 is 1.57 bits per heavy atom. The number of hydrogen-bond donors (Lipinski definition) is 2. The molecule has 1 saturated carbocycles. The Kier molecular flexibility index (Phi) is 11.1. The van der Waals surface area contributed by atoms with Gasteiger partial charge in [-0.3, -0.25) is 9.89 Å². The summed E-state index contributed by atoms with van der Waals surface area (Å²) in [5.74, 6) is 0.988. The second-order valence-corrected chi connectivity index (χ2v) is 9.61. The number of likely N-dealkylation sites (N-methyl/N-ethyl adjacent to an activating group) is 1. The molecule has 3 rings (SSSR count). The molecule has 0 radical (unpaired) electrons. The van der Waals surface area contributed by atoms with Gasteiger partial charge in [0.2, 0.25) is 0 Å². The van der Waals surface area contributed by atoms with Gasteiger partial charge in [0.1, 0.15) is 0 Å². The maximum absolute atomic E-state index is 5.63. The molecule has 2 aliphatic heterocycles. The van der Waals surface area contributed by atoms with E-state index >= 15 is 0 Å². The molecular weight excluding hydrogens is 489 g/mol. The highest BCUT2D eigenvalue weighted by molar-refractivity contribution is 14.0. The monoisotopic (exact) mass is 535 g/mol. The fourth-order valence-corrected chi connectivity index (χ4v) is 5.50. The van der Waals surface area contributed by atoms with E-state index in [9.17, 15) is 0 Å². The summed E-state index contributed by atoms with van der Waals surface area (Å²) in [4.78, 5) is 10.3. The molecule has 0 aromatic heterocycles. The number of likely N-dealkylation sites (tertiary alicyclic amines) is 1. The number of aliphatic imine (C=N–C) groups is 1. The lowest BCUT2D eigenvalue weighted by molar-refractivity contribution is -0.00504. The predicted octanol–water partition coefficient (Wildman–Crippen LogP) is 3.46. The largest absolute Gasteiger partial charge is 0.381 e. The molecule has 2 N–H and O–H groups in total. The molecule has 0 aromatic rings. The molecule has 0 bridgehead atoms. The summed E-state index contributed by atoms with van der Waals surface area (Å²) in [5.41, 5.74) is 0.447. The van der Waals surface area contributed by atoms with Gasteiger partial charge < -0.3 is 20.3 Å². The van der Waals surface area contributed by atoms with Crippen molar-refractivity contribution in [1.29, 1.82) is 0 Å². The highest BCUT2D eigenvalue weighted by Gasteiger charge is 2.39.